The molecule has 2 aromatic heterocycles. The standard InChI is InChI=1S/C29H36N4O/c1-19(2)31-12-10-23(11-13-31)24-7-9-26-8-6-20(3)27(15-28(34)33(26)18-24)25-14-21(4)29-30-22(5)16-32(29)17-25/h7-9,14-20,23H,6,10-13H2,1-5H3. The number of hydrogen-bond acceptors (Lipinski definition) is 3. The van der Waals surface area contributed by atoms with E-state index in [2.05, 4.69) is 84.9 Å². The van der Waals surface area contributed by atoms with Gasteiger partial charge in [-0.1, -0.05) is 19.1 Å². The van der Waals surface area contributed by atoms with E-state index in [1.165, 1.54) is 5.57 Å². The van der Waals surface area contributed by atoms with E-state index in [0.29, 0.717) is 12.0 Å². The van der Waals surface area contributed by atoms with Crippen molar-refractivity contribution in [2.24, 2.45) is 11.8 Å². The van der Waals surface area contributed by atoms with E-state index < -0.39 is 0 Å². The monoisotopic (exact) mass is 456 g/mol. The van der Waals surface area contributed by atoms with Gasteiger partial charge in [0.25, 0.3) is 5.91 Å². The maximum Gasteiger partial charge on any atom is 0.255 e. The second-order valence-electron chi connectivity index (χ2n) is 10.5. The van der Waals surface area contributed by atoms with Gasteiger partial charge in [0.15, 0.2) is 0 Å². The topological polar surface area (TPSA) is 40.9 Å². The molecule has 0 saturated carbocycles. The molecule has 1 atom stereocenters. The molecule has 5 heterocycles. The van der Waals surface area contributed by atoms with Gasteiger partial charge in [0.05, 0.1) is 5.69 Å². The van der Waals surface area contributed by atoms with Crippen LogP contribution in [0.1, 0.15) is 56.9 Å². The Kier molecular flexibility index (Phi) is 6.07. The molecule has 1 unspecified atom stereocenters. The molecule has 3 aliphatic rings. The summed E-state index contributed by atoms with van der Waals surface area (Å²) in [5.74, 6) is 0.802. The number of aryl methyl sites for hydroxylation is 2. The third kappa shape index (κ3) is 4.29. The number of amides is 1. The number of piperidine rings is 1. The highest BCUT2D eigenvalue weighted by molar-refractivity contribution is 5.98. The van der Waals surface area contributed by atoms with Crippen LogP contribution in [0.25, 0.3) is 11.2 Å². The molecule has 5 nitrogen and oxygen atoms in total. The third-order valence-electron chi connectivity index (χ3n) is 7.65. The predicted octanol–water partition coefficient (Wildman–Crippen LogP) is 5.66. The quantitative estimate of drug-likeness (QED) is 0.598. The maximum atomic E-state index is 13.6. The Labute approximate surface area is 203 Å². The number of carbonyl (C=O) groups excluding carboxylic acids is 1. The lowest BCUT2D eigenvalue weighted by Gasteiger charge is -2.36. The highest BCUT2D eigenvalue weighted by atomic mass is 16.2. The van der Waals surface area contributed by atoms with E-state index in [1.807, 2.05) is 17.9 Å². The first-order valence-electron chi connectivity index (χ1n) is 12.6. The minimum absolute atomic E-state index is 0.0360. The van der Waals surface area contributed by atoms with Gasteiger partial charge in [0, 0.05) is 36.4 Å². The van der Waals surface area contributed by atoms with Crippen LogP contribution in [0.4, 0.5) is 0 Å². The largest absolute Gasteiger partial charge is 0.306 e. The van der Waals surface area contributed by atoms with Crippen LogP contribution in [0.3, 0.4) is 0 Å². The Bertz CT molecular complexity index is 1230. The first-order valence-corrected chi connectivity index (χ1v) is 12.6. The minimum Gasteiger partial charge on any atom is -0.306 e. The van der Waals surface area contributed by atoms with Crippen LogP contribution in [-0.2, 0) is 4.79 Å². The molecule has 3 aliphatic heterocycles. The molecule has 34 heavy (non-hydrogen) atoms. The van der Waals surface area contributed by atoms with E-state index in [0.717, 1.165) is 66.1 Å². The summed E-state index contributed by atoms with van der Waals surface area (Å²) >= 11 is 0. The van der Waals surface area contributed by atoms with Gasteiger partial charge < -0.3 is 9.30 Å². The van der Waals surface area contributed by atoms with E-state index in [-0.39, 0.29) is 11.8 Å². The summed E-state index contributed by atoms with van der Waals surface area (Å²) < 4.78 is 2.09. The average molecular weight is 457 g/mol. The highest BCUT2D eigenvalue weighted by Crippen LogP contribution is 2.34. The molecule has 5 rings (SSSR count). The molecule has 0 N–H and O–H groups in total. The van der Waals surface area contributed by atoms with Gasteiger partial charge in [-0.3, -0.25) is 9.69 Å². The second kappa shape index (κ2) is 9.03. The Balaban J connectivity index is 1.44. The Morgan fingerprint density at radius 3 is 2.59 bits per heavy atom. The van der Waals surface area contributed by atoms with Crippen molar-refractivity contribution in [3.63, 3.8) is 0 Å². The fraction of sp³-hybridized carbons (Fsp3) is 0.448. The van der Waals surface area contributed by atoms with Gasteiger partial charge >= 0.3 is 0 Å². The number of rotatable bonds is 3. The van der Waals surface area contributed by atoms with Crippen LogP contribution in [0.5, 0.6) is 0 Å². The minimum atomic E-state index is 0.0360. The SMILES string of the molecule is Cc1cn2cc(C3=CC(=O)N4C=C(C5CCN(C(C)C)CC5)C=CC4=CCC3C)cc(C)c2n1. The first-order chi connectivity index (χ1) is 16.3. The lowest BCUT2D eigenvalue weighted by molar-refractivity contribution is -0.122. The molecule has 2 aromatic rings. The molecule has 0 radical (unpaired) electrons. The zero-order valence-corrected chi connectivity index (χ0v) is 21.1. The molecule has 178 valence electrons. The zero-order valence-electron chi connectivity index (χ0n) is 21.1. The molecule has 0 aliphatic carbocycles. The normalized spacial score (nSPS) is 22.4. The molecule has 1 saturated heterocycles. The average Bonchev–Trinajstić information content (AvgIpc) is 3.20. The predicted molar refractivity (Wildman–Crippen MR) is 138 cm³/mol. The Morgan fingerprint density at radius 2 is 1.85 bits per heavy atom. The van der Waals surface area contributed by atoms with Crippen LogP contribution in [0, 0.1) is 25.7 Å². The number of aromatic nitrogens is 2. The molecule has 0 spiro atoms. The van der Waals surface area contributed by atoms with E-state index in [1.54, 1.807) is 0 Å². The van der Waals surface area contributed by atoms with Crippen molar-refractivity contribution < 1.29 is 4.79 Å². The lowest BCUT2D eigenvalue weighted by Crippen LogP contribution is -2.39. The summed E-state index contributed by atoms with van der Waals surface area (Å²) in [6.07, 6.45) is 17.9. The van der Waals surface area contributed by atoms with Crippen LogP contribution in [-0.4, -0.2) is 44.2 Å². The van der Waals surface area contributed by atoms with Crippen molar-refractivity contribution in [1.29, 1.82) is 0 Å². The number of imidazole rings is 1. The summed E-state index contributed by atoms with van der Waals surface area (Å²) in [5, 5.41) is 0. The number of fused-ring (bicyclic) bond motifs is 2. The summed E-state index contributed by atoms with van der Waals surface area (Å²) in [6, 6.07) is 2.77. The van der Waals surface area contributed by atoms with E-state index in [4.69, 9.17) is 0 Å². The number of nitrogens with zero attached hydrogens (tertiary/aromatic N) is 4. The fourth-order valence-electron chi connectivity index (χ4n) is 5.56. The summed E-state index contributed by atoms with van der Waals surface area (Å²) in [6.45, 7) is 13.1. The Hall–Kier alpha value is -2.92. The van der Waals surface area contributed by atoms with Gasteiger partial charge in [-0.2, -0.15) is 0 Å². The van der Waals surface area contributed by atoms with Crippen LogP contribution in [0.15, 0.2) is 60.2 Å². The van der Waals surface area contributed by atoms with Gasteiger partial charge in [-0.05, 0) is 106 Å². The molecule has 1 amide bonds. The van der Waals surface area contributed by atoms with E-state index >= 15 is 0 Å². The van der Waals surface area contributed by atoms with Crippen molar-refractivity contribution in [3.8, 4) is 0 Å². The van der Waals surface area contributed by atoms with Gasteiger partial charge in [-0.25, -0.2) is 4.98 Å². The van der Waals surface area contributed by atoms with Crippen LogP contribution in [0.2, 0.25) is 0 Å². The first kappa shape index (κ1) is 22.9. The number of pyridine rings is 1. The van der Waals surface area contributed by atoms with Gasteiger partial charge in [-0.15, -0.1) is 0 Å². The molecular formula is C29H36N4O. The fourth-order valence-corrected chi connectivity index (χ4v) is 5.56. The zero-order chi connectivity index (χ0) is 24.0. The molecular weight excluding hydrogens is 420 g/mol. The van der Waals surface area contributed by atoms with Gasteiger partial charge in [0.1, 0.15) is 5.65 Å². The molecule has 0 aromatic carbocycles. The molecule has 5 heteroatoms. The number of allylic oxidation sites excluding steroid dienone is 5. The lowest BCUT2D eigenvalue weighted by atomic mass is 9.86. The van der Waals surface area contributed by atoms with Crippen molar-refractivity contribution >= 4 is 17.1 Å². The maximum absolute atomic E-state index is 13.6. The van der Waals surface area contributed by atoms with Crippen LogP contribution >= 0.6 is 0 Å². The molecule has 0 bridgehead atoms. The van der Waals surface area contributed by atoms with Crippen molar-refractivity contribution in [1.82, 2.24) is 19.2 Å². The number of hydrogen-bond donors (Lipinski definition) is 0. The second-order valence-corrected chi connectivity index (χ2v) is 10.5. The summed E-state index contributed by atoms with van der Waals surface area (Å²) in [7, 11) is 0. The van der Waals surface area contributed by atoms with E-state index in [9.17, 15) is 4.79 Å². The van der Waals surface area contributed by atoms with Crippen molar-refractivity contribution in [3.05, 3.63) is 77.1 Å². The van der Waals surface area contributed by atoms with Crippen LogP contribution < -0.4 is 0 Å². The third-order valence-corrected chi connectivity index (χ3v) is 7.65. The molecule has 1 fully saturated rings. The highest BCUT2D eigenvalue weighted by Gasteiger charge is 2.27. The van der Waals surface area contributed by atoms with Crippen molar-refractivity contribution in [2.45, 2.75) is 59.9 Å². The summed E-state index contributed by atoms with van der Waals surface area (Å²) in [5.41, 5.74) is 7.56. The number of likely N-dealkylation sites (tertiary alicyclic amines) is 1. The smallest absolute Gasteiger partial charge is 0.255 e. The number of carbonyl (C=O) groups is 1. The Morgan fingerprint density at radius 1 is 1.09 bits per heavy atom. The summed E-state index contributed by atoms with van der Waals surface area (Å²) in [4.78, 5) is 22.6. The van der Waals surface area contributed by atoms with Gasteiger partial charge in [0.2, 0.25) is 0 Å². The van der Waals surface area contributed by atoms with Crippen molar-refractivity contribution in [2.75, 3.05) is 13.1 Å².